The van der Waals surface area contributed by atoms with E-state index < -0.39 is 35.2 Å². The third kappa shape index (κ3) is 6.04. The fourth-order valence-electron chi connectivity index (χ4n) is 5.43. The monoisotopic (exact) mass is 654 g/mol. The average molecular weight is 655 g/mol. The predicted octanol–water partition coefficient (Wildman–Crippen LogP) is 7.52. The van der Waals surface area contributed by atoms with Crippen LogP contribution in [0.15, 0.2) is 66.7 Å². The zero-order chi connectivity index (χ0) is 35.1. The number of aromatic amines is 2. The van der Waals surface area contributed by atoms with E-state index in [-0.39, 0.29) is 11.4 Å². The molecule has 6 rings (SSSR count). The zero-order valence-electron chi connectivity index (χ0n) is 25.1. The van der Waals surface area contributed by atoms with Crippen LogP contribution < -0.4 is 11.5 Å². The van der Waals surface area contributed by atoms with Gasteiger partial charge in [0.25, 0.3) is 11.8 Å². The smallest absolute Gasteiger partial charge is 0.364 e. The van der Waals surface area contributed by atoms with Gasteiger partial charge in [-0.25, -0.2) is 8.78 Å². The molecule has 0 radical (unpaired) electrons. The highest BCUT2D eigenvalue weighted by Gasteiger charge is 2.30. The van der Waals surface area contributed by atoms with E-state index in [1.54, 1.807) is 38.1 Å². The highest BCUT2D eigenvalue weighted by Crippen LogP contribution is 2.36. The zero-order valence-corrected chi connectivity index (χ0v) is 25.1. The molecule has 48 heavy (non-hydrogen) atoms. The van der Waals surface area contributed by atoms with Crippen LogP contribution in [0, 0.1) is 48.1 Å². The Morgan fingerprint density at radius 3 is 1.50 bits per heavy atom. The van der Waals surface area contributed by atoms with E-state index in [4.69, 9.17) is 11.5 Å². The molecule has 2 aromatic heterocycles. The van der Waals surface area contributed by atoms with Crippen molar-refractivity contribution in [3.05, 3.63) is 118 Å². The van der Waals surface area contributed by atoms with Crippen molar-refractivity contribution in [1.29, 1.82) is 10.5 Å². The number of H-pyrrole nitrogens is 2. The highest BCUT2D eigenvalue weighted by molar-refractivity contribution is 6.06. The van der Waals surface area contributed by atoms with Crippen molar-refractivity contribution >= 4 is 33.6 Å². The van der Waals surface area contributed by atoms with Crippen LogP contribution in [0.1, 0.15) is 48.8 Å². The Hall–Kier alpha value is -6.47. The van der Waals surface area contributed by atoms with Crippen LogP contribution in [0.2, 0.25) is 0 Å². The van der Waals surface area contributed by atoms with Gasteiger partial charge < -0.3 is 21.4 Å². The van der Waals surface area contributed by atoms with E-state index in [1.807, 2.05) is 12.1 Å². The maximum Gasteiger partial charge on any atom is 0.416 e. The molecular weight excluding hydrogens is 631 g/mol. The number of rotatable bonds is 4. The minimum absolute atomic E-state index is 0.207. The number of nitrogens with one attached hydrogen (secondary N) is 2. The van der Waals surface area contributed by atoms with Gasteiger partial charge in [0.15, 0.2) is 11.6 Å². The highest BCUT2D eigenvalue weighted by atomic mass is 19.4. The fraction of sp³-hybridized carbons (Fsp3) is 0.0857. The number of halogens is 5. The van der Waals surface area contributed by atoms with E-state index in [0.717, 1.165) is 24.3 Å². The number of nitriles is 2. The Balaban J connectivity index is 0.000000188. The van der Waals surface area contributed by atoms with Crippen LogP contribution in [0.25, 0.3) is 44.1 Å². The van der Waals surface area contributed by atoms with Crippen molar-refractivity contribution < 1.29 is 31.5 Å². The summed E-state index contributed by atoms with van der Waals surface area (Å²) in [6.45, 7) is 3.39. The van der Waals surface area contributed by atoms with Crippen molar-refractivity contribution in [3.63, 3.8) is 0 Å². The van der Waals surface area contributed by atoms with Gasteiger partial charge in [0.2, 0.25) is 0 Å². The molecule has 0 unspecified atom stereocenters. The number of carbonyl (C=O) groups excluding carboxylic acids is 2. The van der Waals surface area contributed by atoms with Gasteiger partial charge in [-0.3, -0.25) is 9.59 Å². The molecule has 240 valence electrons. The third-order valence-corrected chi connectivity index (χ3v) is 7.84. The summed E-state index contributed by atoms with van der Waals surface area (Å²) in [7, 11) is 0. The number of aromatic nitrogens is 2. The van der Waals surface area contributed by atoms with Crippen LogP contribution in [0.3, 0.4) is 0 Å². The Bertz CT molecular complexity index is 2360. The molecule has 2 amide bonds. The lowest BCUT2D eigenvalue weighted by molar-refractivity contribution is -0.137. The first-order valence-corrected chi connectivity index (χ1v) is 14.0. The molecule has 8 nitrogen and oxygen atoms in total. The van der Waals surface area contributed by atoms with Crippen LogP contribution in [0.5, 0.6) is 0 Å². The Morgan fingerprint density at radius 2 is 1.10 bits per heavy atom. The summed E-state index contributed by atoms with van der Waals surface area (Å²) in [4.78, 5) is 28.9. The van der Waals surface area contributed by atoms with Gasteiger partial charge in [0.05, 0.1) is 39.9 Å². The van der Waals surface area contributed by atoms with Gasteiger partial charge in [-0.15, -0.1) is 0 Å². The molecule has 0 bridgehead atoms. The lowest BCUT2D eigenvalue weighted by Gasteiger charge is -2.09. The molecule has 13 heteroatoms. The van der Waals surface area contributed by atoms with Crippen molar-refractivity contribution in [2.45, 2.75) is 20.0 Å². The van der Waals surface area contributed by atoms with Crippen molar-refractivity contribution in [1.82, 2.24) is 9.97 Å². The maximum atomic E-state index is 13.5. The first-order chi connectivity index (χ1) is 22.6. The molecule has 0 fully saturated rings. The average Bonchev–Trinajstić information content (AvgIpc) is 3.58. The lowest BCUT2D eigenvalue weighted by Crippen LogP contribution is -2.12. The number of primary amides is 2. The second kappa shape index (κ2) is 12.4. The molecule has 6 aromatic rings. The van der Waals surface area contributed by atoms with Crippen LogP contribution >= 0.6 is 0 Å². The number of alkyl halides is 3. The molecule has 0 aliphatic heterocycles. The van der Waals surface area contributed by atoms with Gasteiger partial charge >= 0.3 is 6.18 Å². The number of nitrogens with zero attached hydrogens (tertiary/aromatic N) is 2. The lowest BCUT2D eigenvalue weighted by atomic mass is 9.98. The number of aryl methyl sites for hydroxylation is 2. The normalized spacial score (nSPS) is 11.1. The first kappa shape index (κ1) is 32.9. The van der Waals surface area contributed by atoms with E-state index in [0.29, 0.717) is 66.3 Å². The molecule has 0 atom stereocenters. The molecular formula is C35H23F5N6O2. The fourth-order valence-corrected chi connectivity index (χ4v) is 5.43. The third-order valence-electron chi connectivity index (χ3n) is 7.84. The Kier molecular flexibility index (Phi) is 8.49. The second-order valence-electron chi connectivity index (χ2n) is 10.8. The SMILES string of the molecule is Cc1c(C(N)=O)[nH]c2c(-c3ccc(C(F)(F)F)cc3)cc(C#N)cc12.Cc1c(C(N)=O)[nH]c2c(-c3ccc(F)c(F)c3)cc(C#N)cc12. The standard InChI is InChI=1S/C18H12F3N3O.C17H11F2N3O/c1-9-13-6-10(8-22)7-14(16(13)24-15(9)17(23)25)11-2-4-12(5-3-11)18(19,20)21;1-8-11-4-9(7-20)5-12(16(11)22-15(8)17(21)23)10-2-3-13(18)14(19)6-10/h2-7,24H,1H3,(H2,23,25);2-6,22H,1H3,(H2,21,23). The molecule has 0 saturated carbocycles. The number of hydrogen-bond acceptors (Lipinski definition) is 4. The Labute approximate surface area is 269 Å². The van der Waals surface area contributed by atoms with Crippen molar-refractivity contribution in [2.24, 2.45) is 11.5 Å². The second-order valence-corrected chi connectivity index (χ2v) is 10.8. The predicted molar refractivity (Wildman–Crippen MR) is 168 cm³/mol. The molecule has 0 aliphatic rings. The maximum absolute atomic E-state index is 13.5. The van der Waals surface area contributed by atoms with Gasteiger partial charge in [0.1, 0.15) is 11.4 Å². The number of fused-ring (bicyclic) bond motifs is 2. The van der Waals surface area contributed by atoms with Gasteiger partial charge in [-0.1, -0.05) is 18.2 Å². The van der Waals surface area contributed by atoms with Gasteiger partial charge in [-0.05, 0) is 84.6 Å². The summed E-state index contributed by atoms with van der Waals surface area (Å²) in [6.07, 6.45) is -4.43. The number of nitrogens with two attached hydrogens (primary N) is 2. The number of hydrogen-bond donors (Lipinski definition) is 4. The van der Waals surface area contributed by atoms with Crippen LogP contribution in [-0.4, -0.2) is 21.8 Å². The Morgan fingerprint density at radius 1 is 0.667 bits per heavy atom. The summed E-state index contributed by atoms with van der Waals surface area (Å²) < 4.78 is 64.9. The van der Waals surface area contributed by atoms with Crippen LogP contribution in [0.4, 0.5) is 22.0 Å². The minimum Gasteiger partial charge on any atom is -0.364 e. The number of carbonyl (C=O) groups is 2. The molecule has 4 aromatic carbocycles. The van der Waals surface area contributed by atoms with E-state index >= 15 is 0 Å². The van der Waals surface area contributed by atoms with E-state index in [9.17, 15) is 42.1 Å². The van der Waals surface area contributed by atoms with Crippen molar-refractivity contribution in [2.75, 3.05) is 0 Å². The summed E-state index contributed by atoms with van der Waals surface area (Å²) in [6, 6.07) is 18.5. The van der Waals surface area contributed by atoms with Gasteiger partial charge in [-0.2, -0.15) is 23.7 Å². The molecule has 2 heterocycles. The largest absolute Gasteiger partial charge is 0.416 e. The molecule has 0 spiro atoms. The molecule has 6 N–H and O–H groups in total. The number of amides is 2. The molecule has 0 saturated heterocycles. The summed E-state index contributed by atoms with van der Waals surface area (Å²) >= 11 is 0. The quantitative estimate of drug-likeness (QED) is 0.145. The summed E-state index contributed by atoms with van der Waals surface area (Å²) in [5.41, 5.74) is 15.2. The van der Waals surface area contributed by atoms with Crippen LogP contribution in [-0.2, 0) is 6.18 Å². The first-order valence-electron chi connectivity index (χ1n) is 14.0. The van der Waals surface area contributed by atoms with E-state index in [1.165, 1.54) is 18.2 Å². The molecule has 0 aliphatic carbocycles. The summed E-state index contributed by atoms with van der Waals surface area (Å²) in [5, 5.41) is 19.7. The van der Waals surface area contributed by atoms with Gasteiger partial charge in [0, 0.05) is 21.9 Å². The number of benzene rings is 4. The summed E-state index contributed by atoms with van der Waals surface area (Å²) in [5.74, 6) is -3.22. The topological polar surface area (TPSA) is 165 Å². The van der Waals surface area contributed by atoms with Crippen molar-refractivity contribution in [3.8, 4) is 34.4 Å². The van der Waals surface area contributed by atoms with E-state index in [2.05, 4.69) is 9.97 Å². The minimum atomic E-state index is -4.43.